The largest absolute Gasteiger partial charge is 0.481 e. The lowest BCUT2D eigenvalue weighted by atomic mass is 9.86. The molecule has 1 saturated carbocycles. The van der Waals surface area contributed by atoms with Crippen LogP contribution < -0.4 is 10.9 Å². The molecule has 0 amide bonds. The van der Waals surface area contributed by atoms with Gasteiger partial charge >= 0.3 is 5.97 Å². The molecule has 0 saturated heterocycles. The van der Waals surface area contributed by atoms with Crippen molar-refractivity contribution in [3.63, 3.8) is 0 Å². The highest BCUT2D eigenvalue weighted by Crippen LogP contribution is 2.28. The molecule has 4 rings (SSSR count). The van der Waals surface area contributed by atoms with Crippen LogP contribution >= 0.6 is 0 Å². The van der Waals surface area contributed by atoms with E-state index in [4.69, 9.17) is 5.11 Å². The van der Waals surface area contributed by atoms with E-state index in [2.05, 4.69) is 20.3 Å². The second-order valence-electron chi connectivity index (χ2n) is 7.42. The maximum absolute atomic E-state index is 14.5. The van der Waals surface area contributed by atoms with Gasteiger partial charge in [0.2, 0.25) is 5.95 Å². The molecule has 7 nitrogen and oxygen atoms in total. The average molecular weight is 408 g/mol. The summed E-state index contributed by atoms with van der Waals surface area (Å²) < 4.78 is 14.5. The van der Waals surface area contributed by atoms with Crippen molar-refractivity contribution in [3.8, 4) is 22.4 Å². The fourth-order valence-electron chi connectivity index (χ4n) is 3.79. The van der Waals surface area contributed by atoms with Crippen LogP contribution in [0.25, 0.3) is 22.4 Å². The van der Waals surface area contributed by atoms with E-state index in [0.29, 0.717) is 48.3 Å². The zero-order valence-electron chi connectivity index (χ0n) is 16.1. The number of aliphatic carboxylic acids is 1. The fraction of sp³-hybridized carbons (Fsp3) is 0.273. The summed E-state index contributed by atoms with van der Waals surface area (Å²) >= 11 is 0. The minimum atomic E-state index is -0.758. The van der Waals surface area contributed by atoms with Gasteiger partial charge in [0.25, 0.3) is 5.56 Å². The number of aromatic amines is 1. The molecule has 154 valence electrons. The van der Waals surface area contributed by atoms with Crippen LogP contribution in [0.4, 0.5) is 10.3 Å². The first-order valence-corrected chi connectivity index (χ1v) is 9.81. The lowest BCUT2D eigenvalue weighted by Crippen LogP contribution is -2.29. The highest BCUT2D eigenvalue weighted by molar-refractivity contribution is 5.71. The van der Waals surface area contributed by atoms with Gasteiger partial charge in [-0.25, -0.2) is 14.4 Å². The van der Waals surface area contributed by atoms with E-state index in [1.54, 1.807) is 42.6 Å². The Morgan fingerprint density at radius 2 is 1.90 bits per heavy atom. The predicted molar refractivity (Wildman–Crippen MR) is 110 cm³/mol. The average Bonchev–Trinajstić information content (AvgIpc) is 2.76. The van der Waals surface area contributed by atoms with Crippen LogP contribution in [0.3, 0.4) is 0 Å². The Bertz CT molecular complexity index is 1120. The van der Waals surface area contributed by atoms with Gasteiger partial charge in [-0.05, 0) is 49.4 Å². The summed E-state index contributed by atoms with van der Waals surface area (Å²) in [5.41, 5.74) is 1.60. The molecular formula is C22H21FN4O3. The first kappa shape index (κ1) is 19.8. The summed E-state index contributed by atoms with van der Waals surface area (Å²) in [6.07, 6.45) is 5.25. The van der Waals surface area contributed by atoms with E-state index in [1.807, 2.05) is 0 Å². The van der Waals surface area contributed by atoms with Crippen LogP contribution in [-0.2, 0) is 4.79 Å². The normalized spacial score (nSPS) is 18.7. The van der Waals surface area contributed by atoms with E-state index < -0.39 is 11.8 Å². The predicted octanol–water partition coefficient (Wildman–Crippen LogP) is 3.69. The molecule has 3 aromatic rings. The molecule has 0 radical (unpaired) electrons. The molecule has 2 heterocycles. The maximum atomic E-state index is 14.5. The van der Waals surface area contributed by atoms with Crippen molar-refractivity contribution in [1.29, 1.82) is 0 Å². The summed E-state index contributed by atoms with van der Waals surface area (Å²) in [4.78, 5) is 34.2. The zero-order chi connectivity index (χ0) is 21.1. The SMILES string of the molecule is O=C(O)C1CCC(Nc2ncc(F)c(-c3cccc(-c4ccc[nH]c4=O)c3)n2)CC1. The number of carbonyl (C=O) groups is 1. The number of nitrogens with zero attached hydrogens (tertiary/aromatic N) is 2. The number of benzene rings is 1. The minimum Gasteiger partial charge on any atom is -0.481 e. The summed E-state index contributed by atoms with van der Waals surface area (Å²) in [5.74, 6) is -1.33. The van der Waals surface area contributed by atoms with Gasteiger partial charge in [0.15, 0.2) is 5.82 Å². The number of rotatable bonds is 5. The highest BCUT2D eigenvalue weighted by atomic mass is 19.1. The number of aromatic nitrogens is 3. The second kappa shape index (κ2) is 8.44. The van der Waals surface area contributed by atoms with Gasteiger partial charge in [0, 0.05) is 23.4 Å². The van der Waals surface area contributed by atoms with Crippen LogP contribution in [0.5, 0.6) is 0 Å². The molecule has 0 spiro atoms. The fourth-order valence-corrected chi connectivity index (χ4v) is 3.79. The number of halogens is 1. The summed E-state index contributed by atoms with van der Waals surface area (Å²) in [6.45, 7) is 0. The molecular weight excluding hydrogens is 387 g/mol. The number of nitrogens with one attached hydrogen (secondary N) is 2. The van der Waals surface area contributed by atoms with Gasteiger partial charge in [-0.2, -0.15) is 0 Å². The number of carboxylic acid groups (broad SMARTS) is 1. The molecule has 1 aromatic carbocycles. The molecule has 1 aliphatic carbocycles. The molecule has 3 N–H and O–H groups in total. The smallest absolute Gasteiger partial charge is 0.306 e. The van der Waals surface area contributed by atoms with E-state index in [0.717, 1.165) is 6.20 Å². The number of pyridine rings is 1. The number of H-pyrrole nitrogens is 1. The lowest BCUT2D eigenvalue weighted by Gasteiger charge is -2.26. The molecule has 0 unspecified atom stereocenters. The highest BCUT2D eigenvalue weighted by Gasteiger charge is 2.26. The van der Waals surface area contributed by atoms with Crippen molar-refractivity contribution >= 4 is 11.9 Å². The first-order chi connectivity index (χ1) is 14.5. The van der Waals surface area contributed by atoms with Gasteiger partial charge in [-0.3, -0.25) is 9.59 Å². The summed E-state index contributed by atoms with van der Waals surface area (Å²) in [7, 11) is 0. The van der Waals surface area contributed by atoms with E-state index in [9.17, 15) is 14.0 Å². The molecule has 30 heavy (non-hydrogen) atoms. The number of anilines is 1. The molecule has 1 aliphatic rings. The van der Waals surface area contributed by atoms with Crippen molar-refractivity contribution in [3.05, 3.63) is 65.0 Å². The summed E-state index contributed by atoms with van der Waals surface area (Å²) in [6, 6.07) is 10.5. The number of carboxylic acids is 1. The van der Waals surface area contributed by atoms with Gasteiger partial charge in [-0.15, -0.1) is 0 Å². The van der Waals surface area contributed by atoms with Crippen molar-refractivity contribution in [2.45, 2.75) is 31.7 Å². The number of hydrogen-bond acceptors (Lipinski definition) is 5. The Morgan fingerprint density at radius 1 is 1.13 bits per heavy atom. The van der Waals surface area contributed by atoms with Crippen molar-refractivity contribution in [2.24, 2.45) is 5.92 Å². The first-order valence-electron chi connectivity index (χ1n) is 9.81. The Kier molecular flexibility index (Phi) is 5.56. The molecule has 0 aliphatic heterocycles. The van der Waals surface area contributed by atoms with Crippen LogP contribution in [0.2, 0.25) is 0 Å². The topological polar surface area (TPSA) is 108 Å². The van der Waals surface area contributed by atoms with E-state index in [1.165, 1.54) is 0 Å². The van der Waals surface area contributed by atoms with Crippen molar-refractivity contribution in [1.82, 2.24) is 15.0 Å². The molecule has 1 fully saturated rings. The third kappa shape index (κ3) is 4.22. The Hall–Kier alpha value is -3.55. The molecule has 0 bridgehead atoms. The van der Waals surface area contributed by atoms with E-state index >= 15 is 0 Å². The van der Waals surface area contributed by atoms with Gasteiger partial charge in [-0.1, -0.05) is 18.2 Å². The Balaban J connectivity index is 1.57. The summed E-state index contributed by atoms with van der Waals surface area (Å²) in [5, 5.41) is 12.3. The number of hydrogen-bond donors (Lipinski definition) is 3. The Morgan fingerprint density at radius 3 is 2.63 bits per heavy atom. The molecule has 0 atom stereocenters. The van der Waals surface area contributed by atoms with Gasteiger partial charge < -0.3 is 15.4 Å². The monoisotopic (exact) mass is 408 g/mol. The van der Waals surface area contributed by atoms with E-state index in [-0.39, 0.29) is 23.2 Å². The zero-order valence-corrected chi connectivity index (χ0v) is 16.1. The Labute approximate surface area is 172 Å². The lowest BCUT2D eigenvalue weighted by molar-refractivity contribution is -0.142. The van der Waals surface area contributed by atoms with Gasteiger partial charge in [0.05, 0.1) is 12.1 Å². The van der Waals surface area contributed by atoms with Gasteiger partial charge in [0.1, 0.15) is 5.69 Å². The minimum absolute atomic E-state index is 0.0492. The van der Waals surface area contributed by atoms with Crippen molar-refractivity contribution in [2.75, 3.05) is 5.32 Å². The van der Waals surface area contributed by atoms with Crippen LogP contribution in [0.15, 0.2) is 53.6 Å². The maximum Gasteiger partial charge on any atom is 0.306 e. The quantitative estimate of drug-likeness (QED) is 0.594. The van der Waals surface area contributed by atoms with Crippen molar-refractivity contribution < 1.29 is 14.3 Å². The third-order valence-electron chi connectivity index (χ3n) is 5.42. The van der Waals surface area contributed by atoms with Crippen LogP contribution in [0.1, 0.15) is 25.7 Å². The van der Waals surface area contributed by atoms with Crippen LogP contribution in [-0.4, -0.2) is 32.1 Å². The van der Waals surface area contributed by atoms with Crippen LogP contribution in [0, 0.1) is 11.7 Å². The standard InChI is InChI=1S/C22H21FN4O3/c23-18-12-25-22(26-16-8-6-13(7-9-16)21(29)30)27-19(18)15-4-1-3-14(11-15)17-5-2-10-24-20(17)28/h1-5,10-13,16H,6-9H2,(H,24,28)(H,29,30)(H,25,26,27). The second-order valence-corrected chi connectivity index (χ2v) is 7.42. The molecule has 2 aromatic heterocycles. The third-order valence-corrected chi connectivity index (χ3v) is 5.42. The molecule has 8 heteroatoms.